The van der Waals surface area contributed by atoms with Crippen molar-refractivity contribution in [2.45, 2.75) is 19.4 Å². The monoisotopic (exact) mass is 408 g/mol. The number of aromatic nitrogens is 1. The van der Waals surface area contributed by atoms with Gasteiger partial charge in [0.1, 0.15) is 0 Å². The molecular formula is C24H29ClN4. The molecular weight excluding hydrogens is 380 g/mol. The Kier molecular flexibility index (Phi) is 6.65. The maximum absolute atomic E-state index is 6.17. The van der Waals surface area contributed by atoms with Gasteiger partial charge in [0.2, 0.25) is 0 Å². The number of anilines is 1. The predicted molar refractivity (Wildman–Crippen MR) is 123 cm³/mol. The third-order valence-corrected chi connectivity index (χ3v) is 6.02. The molecule has 0 spiro atoms. The molecule has 152 valence electrons. The van der Waals surface area contributed by atoms with Crippen LogP contribution in [0, 0.1) is 0 Å². The molecule has 1 fully saturated rings. The third-order valence-electron chi connectivity index (χ3n) is 5.78. The SMILES string of the molecule is CCN1CCN(CC(Cc2ccccc2)Nc2ccnc3cc(Cl)ccc23)CC1. The van der Waals surface area contributed by atoms with Gasteiger partial charge >= 0.3 is 0 Å². The molecule has 29 heavy (non-hydrogen) atoms. The van der Waals surface area contributed by atoms with Gasteiger partial charge in [-0.05, 0) is 42.8 Å². The molecule has 0 amide bonds. The van der Waals surface area contributed by atoms with Crippen LogP contribution in [0.2, 0.25) is 5.02 Å². The van der Waals surface area contributed by atoms with E-state index in [1.807, 2.05) is 18.3 Å². The number of likely N-dealkylation sites (N-methyl/N-ethyl adjacent to an activating group) is 1. The quantitative estimate of drug-likeness (QED) is 0.621. The normalized spacial score (nSPS) is 16.8. The minimum Gasteiger partial charge on any atom is -0.380 e. The van der Waals surface area contributed by atoms with E-state index in [-0.39, 0.29) is 0 Å². The third kappa shape index (κ3) is 5.27. The minimum absolute atomic E-state index is 0.326. The Morgan fingerprint density at radius 1 is 1.00 bits per heavy atom. The summed E-state index contributed by atoms with van der Waals surface area (Å²) < 4.78 is 0. The first kappa shape index (κ1) is 20.1. The fraction of sp³-hybridized carbons (Fsp3) is 0.375. The number of hydrogen-bond donors (Lipinski definition) is 1. The predicted octanol–water partition coefficient (Wildman–Crippen LogP) is 4.55. The summed E-state index contributed by atoms with van der Waals surface area (Å²) in [4.78, 5) is 9.60. The first-order valence-corrected chi connectivity index (χ1v) is 10.9. The van der Waals surface area contributed by atoms with Gasteiger partial charge in [-0.3, -0.25) is 9.88 Å². The van der Waals surface area contributed by atoms with Crippen LogP contribution in [0.3, 0.4) is 0 Å². The van der Waals surface area contributed by atoms with Gasteiger partial charge in [-0.25, -0.2) is 0 Å². The highest BCUT2D eigenvalue weighted by Crippen LogP contribution is 2.25. The smallest absolute Gasteiger partial charge is 0.0737 e. The minimum atomic E-state index is 0.326. The average Bonchev–Trinajstić information content (AvgIpc) is 2.75. The van der Waals surface area contributed by atoms with Crippen LogP contribution in [0.4, 0.5) is 5.69 Å². The zero-order valence-corrected chi connectivity index (χ0v) is 17.8. The van der Waals surface area contributed by atoms with Crippen molar-refractivity contribution in [2.24, 2.45) is 0 Å². The van der Waals surface area contributed by atoms with Gasteiger partial charge in [0.05, 0.1) is 5.52 Å². The second-order valence-electron chi connectivity index (χ2n) is 7.79. The van der Waals surface area contributed by atoms with Crippen LogP contribution in [0.25, 0.3) is 10.9 Å². The van der Waals surface area contributed by atoms with E-state index >= 15 is 0 Å². The molecule has 3 aromatic rings. The van der Waals surface area contributed by atoms with Crippen LogP contribution in [-0.4, -0.2) is 60.1 Å². The molecule has 1 N–H and O–H groups in total. The molecule has 1 aliphatic rings. The number of nitrogens with one attached hydrogen (secondary N) is 1. The van der Waals surface area contributed by atoms with Crippen molar-refractivity contribution in [3.8, 4) is 0 Å². The number of benzene rings is 2. The Labute approximate surface area is 178 Å². The first-order valence-electron chi connectivity index (χ1n) is 10.5. The molecule has 0 aliphatic carbocycles. The molecule has 1 atom stereocenters. The van der Waals surface area contributed by atoms with E-state index in [0.717, 1.165) is 67.3 Å². The highest BCUT2D eigenvalue weighted by atomic mass is 35.5. The van der Waals surface area contributed by atoms with Crippen LogP contribution in [0.15, 0.2) is 60.8 Å². The average molecular weight is 409 g/mol. The summed E-state index contributed by atoms with van der Waals surface area (Å²) in [7, 11) is 0. The van der Waals surface area contributed by atoms with E-state index in [1.165, 1.54) is 5.56 Å². The molecule has 4 rings (SSSR count). The number of piperazine rings is 1. The lowest BCUT2D eigenvalue weighted by molar-refractivity contribution is 0.133. The summed E-state index contributed by atoms with van der Waals surface area (Å²) in [5, 5.41) is 5.66. The number of fused-ring (bicyclic) bond motifs is 1. The largest absolute Gasteiger partial charge is 0.380 e. The zero-order valence-electron chi connectivity index (χ0n) is 17.0. The lowest BCUT2D eigenvalue weighted by atomic mass is 10.0. The Morgan fingerprint density at radius 3 is 2.52 bits per heavy atom. The summed E-state index contributed by atoms with van der Waals surface area (Å²) in [6.45, 7) is 9.00. The van der Waals surface area contributed by atoms with Crippen molar-refractivity contribution in [1.82, 2.24) is 14.8 Å². The highest BCUT2D eigenvalue weighted by Gasteiger charge is 2.20. The first-order chi connectivity index (χ1) is 14.2. The highest BCUT2D eigenvalue weighted by molar-refractivity contribution is 6.31. The van der Waals surface area contributed by atoms with E-state index in [9.17, 15) is 0 Å². The van der Waals surface area contributed by atoms with Crippen LogP contribution >= 0.6 is 11.6 Å². The zero-order chi connectivity index (χ0) is 20.1. The van der Waals surface area contributed by atoms with Crippen molar-refractivity contribution < 1.29 is 0 Å². The van der Waals surface area contributed by atoms with Crippen molar-refractivity contribution in [2.75, 3.05) is 44.6 Å². The lowest BCUT2D eigenvalue weighted by Gasteiger charge is -2.36. The Hall–Kier alpha value is -2.14. The van der Waals surface area contributed by atoms with Crippen molar-refractivity contribution in [3.63, 3.8) is 0 Å². The summed E-state index contributed by atoms with van der Waals surface area (Å²) in [6.07, 6.45) is 2.85. The van der Waals surface area contributed by atoms with Gasteiger partial charge in [0.25, 0.3) is 0 Å². The van der Waals surface area contributed by atoms with E-state index in [4.69, 9.17) is 11.6 Å². The second kappa shape index (κ2) is 9.57. The molecule has 2 heterocycles. The van der Waals surface area contributed by atoms with E-state index in [1.54, 1.807) is 0 Å². The van der Waals surface area contributed by atoms with Crippen LogP contribution in [-0.2, 0) is 6.42 Å². The lowest BCUT2D eigenvalue weighted by Crippen LogP contribution is -2.49. The maximum Gasteiger partial charge on any atom is 0.0737 e. The van der Waals surface area contributed by atoms with Gasteiger partial charge < -0.3 is 10.2 Å². The summed E-state index contributed by atoms with van der Waals surface area (Å²) in [6, 6.07) is 19.1. The molecule has 0 saturated carbocycles. The fourth-order valence-corrected chi connectivity index (χ4v) is 4.29. The van der Waals surface area contributed by atoms with Crippen molar-refractivity contribution in [1.29, 1.82) is 0 Å². The summed E-state index contributed by atoms with van der Waals surface area (Å²) in [5.41, 5.74) is 3.41. The maximum atomic E-state index is 6.17. The fourth-order valence-electron chi connectivity index (χ4n) is 4.13. The Morgan fingerprint density at radius 2 is 1.76 bits per heavy atom. The molecule has 1 saturated heterocycles. The summed E-state index contributed by atoms with van der Waals surface area (Å²) in [5.74, 6) is 0. The number of pyridine rings is 1. The van der Waals surface area contributed by atoms with Gasteiger partial charge in [-0.1, -0.05) is 48.9 Å². The number of rotatable bonds is 7. The molecule has 0 bridgehead atoms. The van der Waals surface area contributed by atoms with Gasteiger partial charge in [-0.2, -0.15) is 0 Å². The molecule has 4 nitrogen and oxygen atoms in total. The van der Waals surface area contributed by atoms with E-state index < -0.39 is 0 Å². The van der Waals surface area contributed by atoms with Crippen molar-refractivity contribution in [3.05, 3.63) is 71.4 Å². The Bertz CT molecular complexity index is 923. The molecule has 1 unspecified atom stereocenters. The summed E-state index contributed by atoms with van der Waals surface area (Å²) >= 11 is 6.17. The van der Waals surface area contributed by atoms with Gasteiger partial charge in [0, 0.05) is 61.1 Å². The molecule has 0 radical (unpaired) electrons. The topological polar surface area (TPSA) is 31.4 Å². The van der Waals surface area contributed by atoms with E-state index in [0.29, 0.717) is 6.04 Å². The van der Waals surface area contributed by atoms with Crippen molar-refractivity contribution >= 4 is 28.2 Å². The Balaban J connectivity index is 1.54. The van der Waals surface area contributed by atoms with Gasteiger partial charge in [0.15, 0.2) is 0 Å². The van der Waals surface area contributed by atoms with Crippen LogP contribution < -0.4 is 5.32 Å². The second-order valence-corrected chi connectivity index (χ2v) is 8.22. The molecule has 1 aromatic heterocycles. The number of halogens is 1. The van der Waals surface area contributed by atoms with Crippen LogP contribution in [0.5, 0.6) is 0 Å². The number of nitrogens with zero attached hydrogens (tertiary/aromatic N) is 3. The standard InChI is InChI=1S/C24H29ClN4/c1-2-28-12-14-29(15-13-28)18-21(16-19-6-4-3-5-7-19)27-23-10-11-26-24-17-20(25)8-9-22(23)24/h3-11,17,21H,2,12-16,18H2,1H3,(H,26,27). The van der Waals surface area contributed by atoms with Crippen LogP contribution in [0.1, 0.15) is 12.5 Å². The van der Waals surface area contributed by atoms with E-state index in [2.05, 4.69) is 69.5 Å². The number of hydrogen-bond acceptors (Lipinski definition) is 4. The molecule has 1 aliphatic heterocycles. The van der Waals surface area contributed by atoms with Gasteiger partial charge in [-0.15, -0.1) is 0 Å². The molecule has 5 heteroatoms. The molecule has 2 aromatic carbocycles.